The van der Waals surface area contributed by atoms with Gasteiger partial charge in [0.05, 0.1) is 29.3 Å². The first-order chi connectivity index (χ1) is 10.6. The summed E-state index contributed by atoms with van der Waals surface area (Å²) in [6.07, 6.45) is 8.45. The van der Waals surface area contributed by atoms with Crippen LogP contribution in [0.1, 0.15) is 62.0 Å². The summed E-state index contributed by atoms with van der Waals surface area (Å²) in [5, 5.41) is 0. The Balaban J connectivity index is 1.92. The van der Waals surface area contributed by atoms with Crippen LogP contribution in [0.3, 0.4) is 0 Å². The van der Waals surface area contributed by atoms with E-state index in [0.29, 0.717) is 6.04 Å². The van der Waals surface area contributed by atoms with Crippen LogP contribution >= 0.6 is 0 Å². The maximum atomic E-state index is 4.85. The molecule has 0 saturated heterocycles. The first-order valence-electron chi connectivity index (χ1n) is 8.52. The van der Waals surface area contributed by atoms with Crippen molar-refractivity contribution in [3.8, 4) is 0 Å². The Morgan fingerprint density at radius 3 is 2.59 bits per heavy atom. The molecule has 116 valence electrons. The summed E-state index contributed by atoms with van der Waals surface area (Å²) in [6.45, 7) is 4.57. The highest BCUT2D eigenvalue weighted by atomic mass is 15.3. The molecule has 0 radical (unpaired) electrons. The lowest BCUT2D eigenvalue weighted by atomic mass is 9.79. The number of hydrogen-bond acceptors (Lipinski definition) is 2. The van der Waals surface area contributed by atoms with Crippen LogP contribution in [0.15, 0.2) is 30.6 Å². The van der Waals surface area contributed by atoms with Gasteiger partial charge in [0.2, 0.25) is 0 Å². The normalized spacial score (nSPS) is 23.0. The number of aryl methyl sites for hydroxylation is 2. The minimum atomic E-state index is 0.111. The van der Waals surface area contributed by atoms with Gasteiger partial charge in [-0.1, -0.05) is 37.5 Å². The Morgan fingerprint density at radius 2 is 1.86 bits per heavy atom. The molecule has 2 aliphatic rings. The highest BCUT2D eigenvalue weighted by Gasteiger charge is 2.52. The van der Waals surface area contributed by atoms with Crippen LogP contribution in [-0.2, 0) is 12.6 Å². The van der Waals surface area contributed by atoms with Gasteiger partial charge in [-0.2, -0.15) is 0 Å². The van der Waals surface area contributed by atoms with Crippen molar-refractivity contribution >= 4 is 5.69 Å². The molecular formula is C19H25N3. The largest absolute Gasteiger partial charge is 0.352 e. The van der Waals surface area contributed by atoms with Crippen LogP contribution in [0.4, 0.5) is 5.69 Å². The number of hydrogen-bond donors (Lipinski definition) is 0. The van der Waals surface area contributed by atoms with Crippen LogP contribution in [0.5, 0.6) is 0 Å². The number of rotatable bonds is 1. The second kappa shape index (κ2) is 4.87. The zero-order valence-corrected chi connectivity index (χ0v) is 13.8. The zero-order valence-electron chi connectivity index (χ0n) is 13.8. The van der Waals surface area contributed by atoms with Crippen molar-refractivity contribution in [2.75, 3.05) is 4.90 Å². The maximum Gasteiger partial charge on any atom is 0.0950 e. The summed E-state index contributed by atoms with van der Waals surface area (Å²) in [5.41, 5.74) is 5.61. The molecule has 1 saturated carbocycles. The van der Waals surface area contributed by atoms with Crippen molar-refractivity contribution in [3.63, 3.8) is 0 Å². The molecule has 1 spiro atoms. The fourth-order valence-electron chi connectivity index (χ4n) is 4.79. The van der Waals surface area contributed by atoms with Gasteiger partial charge in [-0.15, -0.1) is 0 Å². The molecule has 1 aromatic carbocycles. The van der Waals surface area contributed by atoms with Gasteiger partial charge in [-0.05, 0) is 38.3 Å². The lowest BCUT2D eigenvalue weighted by Crippen LogP contribution is -2.44. The van der Waals surface area contributed by atoms with Crippen LogP contribution in [0.2, 0.25) is 0 Å². The summed E-state index contributed by atoms with van der Waals surface area (Å²) in [5.74, 6) is 0. The fraction of sp³-hybridized carbons (Fsp3) is 0.526. The number of nitrogens with zero attached hydrogens (tertiary/aromatic N) is 3. The highest BCUT2D eigenvalue weighted by molar-refractivity contribution is 5.61. The van der Waals surface area contributed by atoms with Crippen molar-refractivity contribution < 1.29 is 0 Å². The van der Waals surface area contributed by atoms with Crippen LogP contribution in [0.25, 0.3) is 0 Å². The molecular weight excluding hydrogens is 270 g/mol. The van der Waals surface area contributed by atoms with E-state index >= 15 is 0 Å². The molecule has 1 fully saturated rings. The van der Waals surface area contributed by atoms with Crippen molar-refractivity contribution in [1.82, 2.24) is 9.55 Å². The van der Waals surface area contributed by atoms with Gasteiger partial charge >= 0.3 is 0 Å². The van der Waals surface area contributed by atoms with Crippen LogP contribution < -0.4 is 4.90 Å². The predicted octanol–water partition coefficient (Wildman–Crippen LogP) is 4.47. The Labute approximate surface area is 133 Å². The van der Waals surface area contributed by atoms with Gasteiger partial charge in [0.15, 0.2) is 0 Å². The molecule has 1 aliphatic heterocycles. The highest BCUT2D eigenvalue weighted by Crippen LogP contribution is 2.54. The van der Waals surface area contributed by atoms with Gasteiger partial charge < -0.3 is 9.47 Å². The molecule has 2 aromatic rings. The first kappa shape index (κ1) is 13.9. The SMILES string of the molecule is Cc1ccccc1N1C(C)c2c(ncn2C)C12CCCCC2. The minimum Gasteiger partial charge on any atom is -0.352 e. The van der Waals surface area contributed by atoms with E-state index in [2.05, 4.69) is 54.6 Å². The average Bonchev–Trinajstić information content (AvgIpc) is 3.01. The number of fused-ring (bicyclic) bond motifs is 2. The Morgan fingerprint density at radius 1 is 1.14 bits per heavy atom. The van der Waals surface area contributed by atoms with Crippen molar-refractivity contribution in [1.29, 1.82) is 0 Å². The number of benzene rings is 1. The third-order valence-corrected chi connectivity index (χ3v) is 5.72. The predicted molar refractivity (Wildman–Crippen MR) is 90.0 cm³/mol. The maximum absolute atomic E-state index is 4.85. The summed E-state index contributed by atoms with van der Waals surface area (Å²) in [4.78, 5) is 7.53. The number of imidazole rings is 1. The smallest absolute Gasteiger partial charge is 0.0950 e. The number of para-hydroxylation sites is 1. The third kappa shape index (κ3) is 1.71. The van der Waals surface area contributed by atoms with E-state index in [-0.39, 0.29) is 5.54 Å². The standard InChI is InChI=1S/C19H25N3/c1-14-9-5-6-10-16(14)22-15(2)17-18(20-13-21(17)3)19(22)11-7-4-8-12-19/h5-6,9-10,13,15H,4,7-8,11-12H2,1-3H3. The average molecular weight is 295 g/mol. The van der Waals surface area contributed by atoms with E-state index in [1.165, 1.54) is 54.7 Å². The second-order valence-electron chi connectivity index (χ2n) is 7.01. The monoisotopic (exact) mass is 295 g/mol. The van der Waals surface area contributed by atoms with Gasteiger partial charge in [0.25, 0.3) is 0 Å². The molecule has 1 unspecified atom stereocenters. The quantitative estimate of drug-likeness (QED) is 0.774. The van der Waals surface area contributed by atoms with Gasteiger partial charge in [-0.25, -0.2) is 4.98 Å². The van der Waals surface area contributed by atoms with Gasteiger partial charge in [0, 0.05) is 12.7 Å². The van der Waals surface area contributed by atoms with E-state index in [1.807, 2.05) is 6.33 Å². The van der Waals surface area contributed by atoms with Crippen LogP contribution in [0, 0.1) is 6.92 Å². The molecule has 3 nitrogen and oxygen atoms in total. The van der Waals surface area contributed by atoms with E-state index < -0.39 is 0 Å². The summed E-state index contributed by atoms with van der Waals surface area (Å²) in [6, 6.07) is 9.21. The molecule has 4 rings (SSSR count). The summed E-state index contributed by atoms with van der Waals surface area (Å²) >= 11 is 0. The van der Waals surface area contributed by atoms with Crippen molar-refractivity contribution in [2.45, 2.75) is 57.5 Å². The molecule has 3 heteroatoms. The van der Waals surface area contributed by atoms with E-state index in [0.717, 1.165) is 0 Å². The molecule has 0 bridgehead atoms. The van der Waals surface area contributed by atoms with Crippen LogP contribution in [-0.4, -0.2) is 9.55 Å². The summed E-state index contributed by atoms with van der Waals surface area (Å²) < 4.78 is 2.23. The molecule has 0 amide bonds. The van der Waals surface area contributed by atoms with E-state index in [1.54, 1.807) is 0 Å². The third-order valence-electron chi connectivity index (χ3n) is 5.72. The van der Waals surface area contributed by atoms with E-state index in [9.17, 15) is 0 Å². The number of aromatic nitrogens is 2. The molecule has 1 aliphatic carbocycles. The minimum absolute atomic E-state index is 0.111. The van der Waals surface area contributed by atoms with E-state index in [4.69, 9.17) is 4.98 Å². The van der Waals surface area contributed by atoms with Crippen molar-refractivity contribution in [3.05, 3.63) is 47.5 Å². The molecule has 0 N–H and O–H groups in total. The zero-order chi connectivity index (χ0) is 15.3. The topological polar surface area (TPSA) is 21.1 Å². The molecule has 1 aromatic heterocycles. The van der Waals surface area contributed by atoms with Gasteiger partial charge in [0.1, 0.15) is 0 Å². The van der Waals surface area contributed by atoms with Crippen molar-refractivity contribution in [2.24, 2.45) is 7.05 Å². The Bertz CT molecular complexity index is 694. The molecule has 2 heterocycles. The molecule has 1 atom stereocenters. The lowest BCUT2D eigenvalue weighted by molar-refractivity contribution is 0.278. The lowest BCUT2D eigenvalue weighted by Gasteiger charge is -2.45. The fourth-order valence-corrected chi connectivity index (χ4v) is 4.79. The Hall–Kier alpha value is -1.77. The number of anilines is 1. The first-order valence-corrected chi connectivity index (χ1v) is 8.52. The molecule has 22 heavy (non-hydrogen) atoms. The summed E-state index contributed by atoms with van der Waals surface area (Å²) in [7, 11) is 2.14. The Kier molecular flexibility index (Phi) is 3.07. The van der Waals surface area contributed by atoms with Gasteiger partial charge in [-0.3, -0.25) is 0 Å². The second-order valence-corrected chi connectivity index (χ2v) is 7.01.